The lowest BCUT2D eigenvalue weighted by Gasteiger charge is -2.05. The van der Waals surface area contributed by atoms with E-state index in [0.29, 0.717) is 12.3 Å². The number of benzene rings is 1. The summed E-state index contributed by atoms with van der Waals surface area (Å²) in [5.74, 6) is 0.893. The first-order chi connectivity index (χ1) is 7.49. The van der Waals surface area contributed by atoms with E-state index in [1.54, 1.807) is 0 Å². The molecule has 1 aromatic carbocycles. The van der Waals surface area contributed by atoms with E-state index in [4.69, 9.17) is 0 Å². The van der Waals surface area contributed by atoms with Crippen molar-refractivity contribution in [1.29, 1.82) is 0 Å². The fourth-order valence-corrected chi connectivity index (χ4v) is 2.82. The molecule has 3 heteroatoms. The Kier molecular flexibility index (Phi) is 5.70. The maximum absolute atomic E-state index is 11.9. The molecule has 0 bridgehead atoms. The van der Waals surface area contributed by atoms with Crippen molar-refractivity contribution in [3.63, 3.8) is 0 Å². The van der Waals surface area contributed by atoms with Gasteiger partial charge in [0.1, 0.15) is 0 Å². The van der Waals surface area contributed by atoms with Gasteiger partial charge in [-0.3, -0.25) is 4.79 Å². The van der Waals surface area contributed by atoms with E-state index in [-0.39, 0.29) is 5.78 Å². The van der Waals surface area contributed by atoms with Gasteiger partial charge < -0.3 is 0 Å². The van der Waals surface area contributed by atoms with Crippen molar-refractivity contribution in [3.8, 4) is 0 Å². The van der Waals surface area contributed by atoms with Gasteiger partial charge in [0.05, 0.1) is 0 Å². The monoisotopic (exact) mass is 346 g/mol. The molecule has 0 spiro atoms. The van der Waals surface area contributed by atoms with Crippen molar-refractivity contribution >= 4 is 37.6 Å². The Morgan fingerprint density at radius 1 is 1.19 bits per heavy atom. The molecule has 0 aromatic heterocycles. The zero-order valence-corrected chi connectivity index (χ0v) is 12.8. The van der Waals surface area contributed by atoms with Gasteiger partial charge in [0.15, 0.2) is 5.78 Å². The van der Waals surface area contributed by atoms with Crippen LogP contribution in [0.4, 0.5) is 0 Å². The van der Waals surface area contributed by atoms with Gasteiger partial charge in [0.25, 0.3) is 0 Å². The molecule has 88 valence electrons. The summed E-state index contributed by atoms with van der Waals surface area (Å²) < 4.78 is 1.88. The Morgan fingerprint density at radius 3 is 2.25 bits per heavy atom. The number of hydrogen-bond acceptors (Lipinski definition) is 1. The van der Waals surface area contributed by atoms with Gasteiger partial charge in [-0.15, -0.1) is 0 Å². The molecule has 1 aromatic rings. The van der Waals surface area contributed by atoms with Crippen LogP contribution in [0.15, 0.2) is 27.1 Å². The number of hydrogen-bond donors (Lipinski definition) is 0. The molecule has 0 aliphatic carbocycles. The predicted molar refractivity (Wildman–Crippen MR) is 74.9 cm³/mol. The fourth-order valence-electron chi connectivity index (χ4n) is 1.53. The summed E-state index contributed by atoms with van der Waals surface area (Å²) in [4.78, 5) is 11.9. The molecule has 0 saturated carbocycles. The first-order valence-corrected chi connectivity index (χ1v) is 7.07. The van der Waals surface area contributed by atoms with Crippen molar-refractivity contribution in [3.05, 3.63) is 32.7 Å². The van der Waals surface area contributed by atoms with Crippen molar-refractivity contribution in [2.75, 3.05) is 0 Å². The molecule has 0 fully saturated rings. The van der Waals surface area contributed by atoms with Crippen molar-refractivity contribution in [2.24, 2.45) is 5.92 Å². The number of rotatable bonds is 5. The van der Waals surface area contributed by atoms with Crippen molar-refractivity contribution in [2.45, 2.75) is 33.1 Å². The zero-order valence-electron chi connectivity index (χ0n) is 9.59. The second-order valence-corrected chi connectivity index (χ2v) is 6.20. The number of Topliss-reactive ketones (excluding diaryl/α,β-unsaturated/α-hetero) is 1. The SMILES string of the molecule is CC(C)CCCC(=O)c1cc(Br)cc(Br)c1. The van der Waals surface area contributed by atoms with Gasteiger partial charge in [0, 0.05) is 20.9 Å². The highest BCUT2D eigenvalue weighted by Crippen LogP contribution is 2.21. The lowest BCUT2D eigenvalue weighted by atomic mass is 10.0. The average Bonchev–Trinajstić information content (AvgIpc) is 2.15. The van der Waals surface area contributed by atoms with Gasteiger partial charge in [-0.25, -0.2) is 0 Å². The first-order valence-electron chi connectivity index (χ1n) is 5.48. The van der Waals surface area contributed by atoms with Crippen LogP contribution in [-0.2, 0) is 0 Å². The molecule has 1 rings (SSSR count). The third-order valence-electron chi connectivity index (χ3n) is 2.37. The van der Waals surface area contributed by atoms with E-state index in [0.717, 1.165) is 27.4 Å². The van der Waals surface area contributed by atoms with E-state index >= 15 is 0 Å². The number of halogens is 2. The van der Waals surface area contributed by atoms with Crippen LogP contribution in [0.5, 0.6) is 0 Å². The lowest BCUT2D eigenvalue weighted by Crippen LogP contribution is -2.00. The Bertz CT molecular complexity index is 352. The molecule has 0 aliphatic heterocycles. The largest absolute Gasteiger partial charge is 0.294 e. The van der Waals surface area contributed by atoms with Gasteiger partial charge in [0.2, 0.25) is 0 Å². The lowest BCUT2D eigenvalue weighted by molar-refractivity contribution is 0.0978. The summed E-state index contributed by atoms with van der Waals surface area (Å²) in [5, 5.41) is 0. The summed E-state index contributed by atoms with van der Waals surface area (Å²) in [7, 11) is 0. The Morgan fingerprint density at radius 2 is 1.75 bits per heavy atom. The molecule has 0 unspecified atom stereocenters. The summed E-state index contributed by atoms with van der Waals surface area (Å²) in [6, 6.07) is 5.69. The van der Waals surface area contributed by atoms with Gasteiger partial charge in [-0.1, -0.05) is 52.1 Å². The van der Waals surface area contributed by atoms with E-state index in [2.05, 4.69) is 45.7 Å². The zero-order chi connectivity index (χ0) is 12.1. The van der Waals surface area contributed by atoms with E-state index < -0.39 is 0 Å². The van der Waals surface area contributed by atoms with Gasteiger partial charge in [-0.2, -0.15) is 0 Å². The molecular formula is C13H16Br2O. The fraction of sp³-hybridized carbons (Fsp3) is 0.462. The molecule has 0 heterocycles. The molecular weight excluding hydrogens is 332 g/mol. The highest BCUT2D eigenvalue weighted by atomic mass is 79.9. The molecule has 0 N–H and O–H groups in total. The minimum Gasteiger partial charge on any atom is -0.294 e. The highest BCUT2D eigenvalue weighted by molar-refractivity contribution is 9.11. The summed E-state index contributed by atoms with van der Waals surface area (Å²) in [6.07, 6.45) is 2.72. The molecule has 0 radical (unpaired) electrons. The van der Waals surface area contributed by atoms with Crippen LogP contribution >= 0.6 is 31.9 Å². The van der Waals surface area contributed by atoms with Crippen LogP contribution in [0.25, 0.3) is 0 Å². The Hall–Kier alpha value is -0.150. The van der Waals surface area contributed by atoms with E-state index in [1.807, 2.05) is 18.2 Å². The topological polar surface area (TPSA) is 17.1 Å². The van der Waals surface area contributed by atoms with Gasteiger partial charge >= 0.3 is 0 Å². The van der Waals surface area contributed by atoms with Crippen LogP contribution < -0.4 is 0 Å². The minimum atomic E-state index is 0.225. The third-order valence-corrected chi connectivity index (χ3v) is 3.29. The summed E-state index contributed by atoms with van der Waals surface area (Å²) in [6.45, 7) is 4.36. The maximum atomic E-state index is 11.9. The van der Waals surface area contributed by atoms with E-state index in [1.165, 1.54) is 0 Å². The van der Waals surface area contributed by atoms with Crippen molar-refractivity contribution in [1.82, 2.24) is 0 Å². The quantitative estimate of drug-likeness (QED) is 0.667. The molecule has 0 saturated heterocycles. The van der Waals surface area contributed by atoms with Crippen LogP contribution in [0, 0.1) is 5.92 Å². The van der Waals surface area contributed by atoms with Crippen LogP contribution in [0.1, 0.15) is 43.5 Å². The predicted octanol–water partition coefficient (Wildman–Crippen LogP) is 5.22. The summed E-state index contributed by atoms with van der Waals surface area (Å²) in [5.41, 5.74) is 0.782. The van der Waals surface area contributed by atoms with Crippen LogP contribution in [0.3, 0.4) is 0 Å². The second-order valence-electron chi connectivity index (χ2n) is 4.37. The number of carbonyl (C=O) groups is 1. The van der Waals surface area contributed by atoms with E-state index in [9.17, 15) is 4.79 Å². The second kappa shape index (κ2) is 6.55. The molecule has 0 amide bonds. The van der Waals surface area contributed by atoms with Crippen LogP contribution in [-0.4, -0.2) is 5.78 Å². The number of ketones is 1. The Labute approximate surface area is 114 Å². The Balaban J connectivity index is 2.59. The molecule has 16 heavy (non-hydrogen) atoms. The number of carbonyl (C=O) groups excluding carboxylic acids is 1. The maximum Gasteiger partial charge on any atom is 0.162 e. The van der Waals surface area contributed by atoms with Crippen LogP contribution in [0.2, 0.25) is 0 Å². The third kappa shape index (κ3) is 4.79. The highest BCUT2D eigenvalue weighted by Gasteiger charge is 2.07. The first kappa shape index (κ1) is 13.9. The van der Waals surface area contributed by atoms with Gasteiger partial charge in [-0.05, 0) is 30.5 Å². The standard InChI is InChI=1S/C13H16Br2O/c1-9(2)4-3-5-13(16)10-6-11(14)8-12(15)7-10/h6-9H,3-5H2,1-2H3. The molecule has 0 atom stereocenters. The normalized spacial score (nSPS) is 10.8. The summed E-state index contributed by atoms with van der Waals surface area (Å²) >= 11 is 6.78. The molecule has 0 aliphatic rings. The molecule has 1 nitrogen and oxygen atoms in total. The minimum absolute atomic E-state index is 0.225. The van der Waals surface area contributed by atoms with Crippen molar-refractivity contribution < 1.29 is 4.79 Å². The smallest absolute Gasteiger partial charge is 0.162 e. The average molecular weight is 348 g/mol.